The minimum absolute atomic E-state index is 0.169. The zero-order chi connectivity index (χ0) is 26.4. The Kier molecular flexibility index (Phi) is 9.91. The first-order valence-corrected chi connectivity index (χ1v) is 13.2. The molecule has 194 valence electrons. The van der Waals surface area contributed by atoms with Gasteiger partial charge in [-0.3, -0.25) is 9.48 Å². The first-order chi connectivity index (χ1) is 17.0. The summed E-state index contributed by atoms with van der Waals surface area (Å²) < 4.78 is 42.2. The van der Waals surface area contributed by atoms with Crippen LogP contribution in [0.25, 0.3) is 0 Å². The van der Waals surface area contributed by atoms with Crippen molar-refractivity contribution in [2.45, 2.75) is 57.2 Å². The smallest absolute Gasteiger partial charge is 0.255 e. The molecule has 3 unspecified atom stereocenters. The lowest BCUT2D eigenvalue weighted by molar-refractivity contribution is 0.102. The van der Waals surface area contributed by atoms with E-state index in [1.807, 2.05) is 16.9 Å². The number of halogens is 4. The predicted molar refractivity (Wildman–Crippen MR) is 140 cm³/mol. The van der Waals surface area contributed by atoms with Crippen LogP contribution in [0.15, 0.2) is 53.7 Å². The fourth-order valence-corrected chi connectivity index (χ4v) is 5.71. The molecule has 0 aliphatic heterocycles. The van der Waals surface area contributed by atoms with Crippen molar-refractivity contribution in [2.24, 2.45) is 17.8 Å². The van der Waals surface area contributed by atoms with Gasteiger partial charge in [0.25, 0.3) is 5.91 Å². The number of carbonyl (C=O) groups is 1. The molecule has 4 nitrogen and oxygen atoms in total. The zero-order valence-electron chi connectivity index (χ0n) is 20.8. The fraction of sp³-hybridized carbons (Fsp3) is 0.407. The highest BCUT2D eigenvalue weighted by Crippen LogP contribution is 2.38. The summed E-state index contributed by atoms with van der Waals surface area (Å²) in [5.74, 6) is -3.52. The van der Waals surface area contributed by atoms with E-state index in [0.717, 1.165) is 36.4 Å². The molecule has 1 heterocycles. The number of thioether (sulfide) groups is 1. The van der Waals surface area contributed by atoms with Gasteiger partial charge in [-0.15, -0.1) is 11.8 Å². The third kappa shape index (κ3) is 7.77. The number of benzene rings is 2. The summed E-state index contributed by atoms with van der Waals surface area (Å²) in [6, 6.07) is 8.25. The molecule has 3 rings (SSSR count). The van der Waals surface area contributed by atoms with Crippen LogP contribution in [0.2, 0.25) is 5.02 Å². The zero-order valence-corrected chi connectivity index (χ0v) is 22.3. The van der Waals surface area contributed by atoms with Gasteiger partial charge in [0.05, 0.1) is 5.02 Å². The minimum atomic E-state index is -1.58. The molecule has 0 saturated carbocycles. The molecule has 0 bridgehead atoms. The van der Waals surface area contributed by atoms with Gasteiger partial charge in [0.2, 0.25) is 0 Å². The van der Waals surface area contributed by atoms with Crippen LogP contribution in [0.5, 0.6) is 0 Å². The van der Waals surface area contributed by atoms with E-state index in [1.54, 1.807) is 36.2 Å². The number of amides is 1. The molecule has 1 amide bonds. The van der Waals surface area contributed by atoms with Crippen LogP contribution in [-0.2, 0) is 6.54 Å². The quantitative estimate of drug-likeness (QED) is 0.199. The van der Waals surface area contributed by atoms with Crippen LogP contribution in [0.4, 0.5) is 18.9 Å². The highest BCUT2D eigenvalue weighted by molar-refractivity contribution is 8.00. The van der Waals surface area contributed by atoms with Gasteiger partial charge in [-0.1, -0.05) is 39.3 Å². The average Bonchev–Trinajstić information content (AvgIpc) is 3.30. The number of hydrogen-bond acceptors (Lipinski definition) is 3. The summed E-state index contributed by atoms with van der Waals surface area (Å²) >= 11 is 8.08. The molecule has 3 aromatic rings. The normalized spacial score (nSPS) is 14.0. The Labute approximate surface area is 219 Å². The summed E-state index contributed by atoms with van der Waals surface area (Å²) in [5.41, 5.74) is 0.115. The van der Waals surface area contributed by atoms with Crippen LogP contribution in [0.1, 0.15) is 50.9 Å². The molecule has 9 heteroatoms. The van der Waals surface area contributed by atoms with E-state index >= 15 is 0 Å². The fourth-order valence-electron chi connectivity index (χ4n) is 4.27. The standard InChI is InChI=1S/C27H31ClF3N3OS/c1-16(2)10-20(11-17(3)15-34-9-5-8-32-34)18(4)36-25-12-19(6-7-22(25)28)27(35)33-21-13-23(29)26(31)24(30)14-21/h5-9,12-14,16-18,20H,10-11,15H2,1-4H3,(H,33,35). The summed E-state index contributed by atoms with van der Waals surface area (Å²) in [4.78, 5) is 13.5. The lowest BCUT2D eigenvalue weighted by Crippen LogP contribution is -2.21. The van der Waals surface area contributed by atoms with Gasteiger partial charge < -0.3 is 5.32 Å². The highest BCUT2D eigenvalue weighted by atomic mass is 35.5. The Bertz CT molecular complexity index is 1150. The largest absolute Gasteiger partial charge is 0.322 e. The van der Waals surface area contributed by atoms with E-state index in [0.29, 0.717) is 22.8 Å². The Hall–Kier alpha value is -2.45. The maximum atomic E-state index is 13.5. The van der Waals surface area contributed by atoms with Crippen molar-refractivity contribution in [2.75, 3.05) is 5.32 Å². The number of anilines is 1. The summed E-state index contributed by atoms with van der Waals surface area (Å²) in [5, 5.41) is 7.48. The van der Waals surface area contributed by atoms with E-state index in [4.69, 9.17) is 11.6 Å². The molecule has 1 aromatic heterocycles. The van der Waals surface area contributed by atoms with Gasteiger partial charge in [0.1, 0.15) is 0 Å². The maximum absolute atomic E-state index is 13.5. The topological polar surface area (TPSA) is 46.9 Å². The monoisotopic (exact) mass is 537 g/mol. The molecule has 0 aliphatic rings. The van der Waals surface area contributed by atoms with Gasteiger partial charge in [-0.2, -0.15) is 5.10 Å². The molecule has 0 aliphatic carbocycles. The summed E-state index contributed by atoms with van der Waals surface area (Å²) in [6.07, 6.45) is 5.82. The molecule has 0 radical (unpaired) electrons. The Morgan fingerprint density at radius 2 is 1.78 bits per heavy atom. The Morgan fingerprint density at radius 3 is 2.39 bits per heavy atom. The minimum Gasteiger partial charge on any atom is -0.322 e. The van der Waals surface area contributed by atoms with E-state index in [-0.39, 0.29) is 16.5 Å². The van der Waals surface area contributed by atoms with Crippen molar-refractivity contribution >= 4 is 35.0 Å². The van der Waals surface area contributed by atoms with E-state index < -0.39 is 23.4 Å². The second kappa shape index (κ2) is 12.7. The van der Waals surface area contributed by atoms with Crippen LogP contribution in [0.3, 0.4) is 0 Å². The van der Waals surface area contributed by atoms with E-state index in [9.17, 15) is 18.0 Å². The number of aromatic nitrogens is 2. The van der Waals surface area contributed by atoms with Gasteiger partial charge in [0, 0.05) is 52.5 Å². The lowest BCUT2D eigenvalue weighted by atomic mass is 9.86. The van der Waals surface area contributed by atoms with Gasteiger partial charge in [-0.25, -0.2) is 13.2 Å². The molecule has 2 aromatic carbocycles. The van der Waals surface area contributed by atoms with Crippen LogP contribution in [-0.4, -0.2) is 20.9 Å². The number of carbonyl (C=O) groups excluding carboxylic acids is 1. The van der Waals surface area contributed by atoms with Gasteiger partial charge >= 0.3 is 0 Å². The Balaban J connectivity index is 1.72. The first kappa shape index (κ1) is 28.1. The molecular formula is C27H31ClF3N3OS. The predicted octanol–water partition coefficient (Wildman–Crippen LogP) is 8.08. The maximum Gasteiger partial charge on any atom is 0.255 e. The second-order valence-corrected chi connectivity index (χ2v) is 11.5. The molecule has 0 saturated heterocycles. The molecule has 0 spiro atoms. The van der Waals surface area contributed by atoms with Crippen molar-refractivity contribution in [3.05, 3.63) is 76.8 Å². The number of rotatable bonds is 11. The molecule has 36 heavy (non-hydrogen) atoms. The lowest BCUT2D eigenvalue weighted by Gasteiger charge is -2.28. The average molecular weight is 538 g/mol. The number of hydrogen-bond donors (Lipinski definition) is 1. The third-order valence-electron chi connectivity index (χ3n) is 5.95. The Morgan fingerprint density at radius 1 is 1.08 bits per heavy atom. The van der Waals surface area contributed by atoms with Crippen molar-refractivity contribution in [1.29, 1.82) is 0 Å². The summed E-state index contributed by atoms with van der Waals surface area (Å²) in [7, 11) is 0. The number of nitrogens with one attached hydrogen (secondary N) is 1. The van der Waals surface area contributed by atoms with Gasteiger partial charge in [0.15, 0.2) is 17.5 Å². The van der Waals surface area contributed by atoms with Crippen LogP contribution >= 0.6 is 23.4 Å². The van der Waals surface area contributed by atoms with Crippen molar-refractivity contribution in [3.8, 4) is 0 Å². The van der Waals surface area contributed by atoms with Crippen LogP contribution in [0, 0.1) is 35.2 Å². The molecular weight excluding hydrogens is 507 g/mol. The number of nitrogens with zero attached hydrogens (tertiary/aromatic N) is 2. The third-order valence-corrected chi connectivity index (χ3v) is 7.74. The summed E-state index contributed by atoms with van der Waals surface area (Å²) in [6.45, 7) is 9.67. The molecule has 3 atom stereocenters. The van der Waals surface area contributed by atoms with Crippen molar-refractivity contribution < 1.29 is 18.0 Å². The highest BCUT2D eigenvalue weighted by Gasteiger charge is 2.24. The van der Waals surface area contributed by atoms with Crippen molar-refractivity contribution in [3.63, 3.8) is 0 Å². The molecule has 1 N–H and O–H groups in total. The first-order valence-electron chi connectivity index (χ1n) is 11.9. The second-order valence-electron chi connectivity index (χ2n) is 9.63. The van der Waals surface area contributed by atoms with Crippen LogP contribution < -0.4 is 5.32 Å². The van der Waals surface area contributed by atoms with Gasteiger partial charge in [-0.05, 0) is 54.9 Å². The molecule has 0 fully saturated rings. The van der Waals surface area contributed by atoms with E-state index in [2.05, 4.69) is 38.1 Å². The van der Waals surface area contributed by atoms with E-state index in [1.165, 1.54) is 0 Å². The van der Waals surface area contributed by atoms with Crippen molar-refractivity contribution in [1.82, 2.24) is 9.78 Å². The SMILES string of the molecule is CC(C)CC(CC(C)Cn1cccn1)C(C)Sc1cc(C(=O)Nc2cc(F)c(F)c(F)c2)ccc1Cl.